The van der Waals surface area contributed by atoms with Crippen molar-refractivity contribution in [1.29, 1.82) is 0 Å². The van der Waals surface area contributed by atoms with E-state index in [9.17, 15) is 8.42 Å². The lowest BCUT2D eigenvalue weighted by atomic mass is 10.3. The van der Waals surface area contributed by atoms with Crippen molar-refractivity contribution in [3.63, 3.8) is 0 Å². The van der Waals surface area contributed by atoms with Crippen molar-refractivity contribution in [3.8, 4) is 0 Å². The van der Waals surface area contributed by atoms with Crippen molar-refractivity contribution in [1.82, 2.24) is 0 Å². The van der Waals surface area contributed by atoms with Gasteiger partial charge in [0.15, 0.2) is 0 Å². The van der Waals surface area contributed by atoms with E-state index < -0.39 is 10.0 Å². The number of nitrogens with two attached hydrogens (primary N) is 1. The number of nitrogens with one attached hydrogen (secondary N) is 1. The number of hydrogen-bond acceptors (Lipinski definition) is 3. The molecule has 1 rings (SSSR count). The molecule has 0 aliphatic rings. The highest BCUT2D eigenvalue weighted by atomic mass is 32.2. The molecule has 0 amide bonds. The van der Waals surface area contributed by atoms with Crippen LogP contribution in [-0.2, 0) is 10.0 Å². The van der Waals surface area contributed by atoms with Gasteiger partial charge in [-0.25, -0.2) is 8.42 Å². The first-order valence-corrected chi connectivity index (χ1v) is 5.46. The normalized spacial score (nSPS) is 11.2. The molecule has 0 unspecified atom stereocenters. The Morgan fingerprint density at radius 2 is 2.31 bits per heavy atom. The smallest absolute Gasteiger partial charge is 0.233 e. The summed E-state index contributed by atoms with van der Waals surface area (Å²) in [5.74, 6) is -0.0676. The lowest BCUT2D eigenvalue weighted by molar-refractivity contribution is 0.601. The van der Waals surface area contributed by atoms with Gasteiger partial charge in [-0.2, -0.15) is 0 Å². The van der Waals surface area contributed by atoms with E-state index in [1.165, 1.54) is 0 Å². The molecule has 0 aliphatic heterocycles. The third-order valence-electron chi connectivity index (χ3n) is 1.37. The third kappa shape index (κ3) is 3.43. The molecule has 1 aromatic carbocycles. The summed E-state index contributed by atoms with van der Waals surface area (Å²) in [4.78, 5) is 0. The van der Waals surface area contributed by atoms with Crippen LogP contribution in [0, 0.1) is 6.07 Å². The van der Waals surface area contributed by atoms with Crippen LogP contribution in [0.5, 0.6) is 0 Å². The molecule has 3 N–H and O–H groups in total. The molecule has 0 heterocycles. The van der Waals surface area contributed by atoms with Crippen molar-refractivity contribution in [2.75, 3.05) is 17.0 Å². The molecule has 13 heavy (non-hydrogen) atoms. The summed E-state index contributed by atoms with van der Waals surface area (Å²) in [6, 6.07) is 9.39. The van der Waals surface area contributed by atoms with E-state index in [1.54, 1.807) is 24.3 Å². The van der Waals surface area contributed by atoms with E-state index in [2.05, 4.69) is 10.8 Å². The molecule has 0 saturated carbocycles. The maximum Gasteiger partial charge on any atom is 0.233 e. The number of rotatable bonds is 4. The monoisotopic (exact) mass is 199 g/mol. The third-order valence-corrected chi connectivity index (χ3v) is 2.69. The maximum absolute atomic E-state index is 11.2. The molecule has 0 aliphatic carbocycles. The molecule has 0 aromatic heterocycles. The zero-order valence-electron chi connectivity index (χ0n) is 7.03. The largest absolute Gasteiger partial charge is 0.329 e. The second kappa shape index (κ2) is 4.25. The summed E-state index contributed by atoms with van der Waals surface area (Å²) in [6.45, 7) is 0.117. The van der Waals surface area contributed by atoms with E-state index in [1.807, 2.05) is 0 Å². The Labute approximate surface area is 77.8 Å². The topological polar surface area (TPSA) is 72.2 Å². The van der Waals surface area contributed by atoms with Gasteiger partial charge < -0.3 is 5.73 Å². The fraction of sp³-hybridized carbons (Fsp3) is 0.250. The first-order valence-electron chi connectivity index (χ1n) is 3.81. The van der Waals surface area contributed by atoms with Crippen LogP contribution in [0.1, 0.15) is 0 Å². The molecule has 0 saturated heterocycles. The van der Waals surface area contributed by atoms with Gasteiger partial charge in [0.2, 0.25) is 10.0 Å². The van der Waals surface area contributed by atoms with Crippen LogP contribution in [0.4, 0.5) is 5.69 Å². The number of sulfonamides is 1. The summed E-state index contributed by atoms with van der Waals surface area (Å²) >= 11 is 0. The minimum absolute atomic E-state index is 0.0676. The molecule has 0 bridgehead atoms. The Hall–Kier alpha value is -1.07. The minimum Gasteiger partial charge on any atom is -0.329 e. The van der Waals surface area contributed by atoms with Crippen LogP contribution in [0.3, 0.4) is 0 Å². The Morgan fingerprint density at radius 3 is 2.85 bits per heavy atom. The number of hydrogen-bond donors (Lipinski definition) is 2. The van der Waals surface area contributed by atoms with Crippen molar-refractivity contribution < 1.29 is 8.42 Å². The van der Waals surface area contributed by atoms with E-state index in [-0.39, 0.29) is 12.3 Å². The molecule has 0 fully saturated rings. The maximum atomic E-state index is 11.2. The van der Waals surface area contributed by atoms with Gasteiger partial charge in [0.25, 0.3) is 0 Å². The molecule has 1 aromatic rings. The summed E-state index contributed by atoms with van der Waals surface area (Å²) in [7, 11) is -3.28. The lowest BCUT2D eigenvalue weighted by Gasteiger charge is -2.05. The standard InChI is InChI=1S/C8H11N2O2S/c9-6-7-13(11,12)10-8-4-2-1-3-5-8/h1-2,4-5,10H,6-7,9H2. The zero-order valence-corrected chi connectivity index (χ0v) is 7.84. The molecule has 0 spiro atoms. The van der Waals surface area contributed by atoms with E-state index in [4.69, 9.17) is 5.73 Å². The fourth-order valence-electron chi connectivity index (χ4n) is 0.843. The van der Waals surface area contributed by atoms with E-state index in [0.717, 1.165) is 0 Å². The molecule has 0 atom stereocenters. The van der Waals surface area contributed by atoms with Crippen molar-refractivity contribution >= 4 is 15.7 Å². The molecular weight excluding hydrogens is 188 g/mol. The van der Waals surface area contributed by atoms with Gasteiger partial charge in [-0.1, -0.05) is 12.1 Å². The summed E-state index contributed by atoms with van der Waals surface area (Å²) in [5, 5.41) is 0. The average Bonchev–Trinajstić information content (AvgIpc) is 2.04. The van der Waals surface area contributed by atoms with Crippen LogP contribution >= 0.6 is 0 Å². The number of anilines is 1. The molecule has 4 nitrogen and oxygen atoms in total. The Balaban J connectivity index is 2.70. The molecular formula is C8H11N2O2S. The van der Waals surface area contributed by atoms with Crippen molar-refractivity contribution in [3.05, 3.63) is 30.3 Å². The van der Waals surface area contributed by atoms with E-state index >= 15 is 0 Å². The SMILES string of the molecule is NCCS(=O)(=O)Nc1c[c]ccc1. The van der Waals surface area contributed by atoms with Crippen LogP contribution in [-0.4, -0.2) is 20.7 Å². The zero-order chi connectivity index (χ0) is 9.73. The first kappa shape index (κ1) is 10.0. The van der Waals surface area contributed by atoms with Crippen molar-refractivity contribution in [2.45, 2.75) is 0 Å². The average molecular weight is 199 g/mol. The predicted molar refractivity (Wildman–Crippen MR) is 51.7 cm³/mol. The van der Waals surface area contributed by atoms with Crippen molar-refractivity contribution in [2.24, 2.45) is 5.73 Å². The lowest BCUT2D eigenvalue weighted by Crippen LogP contribution is -2.22. The minimum atomic E-state index is -3.28. The van der Waals surface area contributed by atoms with Crippen LogP contribution < -0.4 is 10.5 Å². The van der Waals surface area contributed by atoms with Crippen LogP contribution in [0.15, 0.2) is 24.3 Å². The van der Waals surface area contributed by atoms with Gasteiger partial charge >= 0.3 is 0 Å². The second-order valence-corrected chi connectivity index (χ2v) is 4.34. The predicted octanol–water partition coefficient (Wildman–Crippen LogP) is 0.187. The van der Waals surface area contributed by atoms with Gasteiger partial charge in [-0.05, 0) is 18.2 Å². The Kier molecular flexibility index (Phi) is 3.27. The highest BCUT2D eigenvalue weighted by Crippen LogP contribution is 2.06. The first-order chi connectivity index (χ1) is 6.14. The summed E-state index contributed by atoms with van der Waals surface area (Å²) < 4.78 is 24.8. The van der Waals surface area contributed by atoms with E-state index in [0.29, 0.717) is 5.69 Å². The van der Waals surface area contributed by atoms with Gasteiger partial charge in [-0.3, -0.25) is 4.72 Å². The van der Waals surface area contributed by atoms with Crippen LogP contribution in [0.2, 0.25) is 0 Å². The molecule has 71 valence electrons. The van der Waals surface area contributed by atoms with Gasteiger partial charge in [0.05, 0.1) is 5.75 Å². The van der Waals surface area contributed by atoms with Gasteiger partial charge in [0, 0.05) is 12.2 Å². The highest BCUT2D eigenvalue weighted by molar-refractivity contribution is 7.92. The second-order valence-electron chi connectivity index (χ2n) is 2.50. The Morgan fingerprint density at radius 1 is 1.54 bits per heavy atom. The summed E-state index contributed by atoms with van der Waals surface area (Å²) in [5.41, 5.74) is 5.65. The number of benzene rings is 1. The highest BCUT2D eigenvalue weighted by Gasteiger charge is 2.07. The fourth-order valence-corrected chi connectivity index (χ4v) is 1.74. The molecule has 5 heteroatoms. The van der Waals surface area contributed by atoms with Crippen LogP contribution in [0.25, 0.3) is 0 Å². The Bertz CT molecular complexity index is 348. The van der Waals surface area contributed by atoms with Gasteiger partial charge in [0.1, 0.15) is 0 Å². The quantitative estimate of drug-likeness (QED) is 0.727. The summed E-state index contributed by atoms with van der Waals surface area (Å²) in [6.07, 6.45) is 0. The van der Waals surface area contributed by atoms with Gasteiger partial charge in [-0.15, -0.1) is 0 Å². The molecule has 1 radical (unpaired) electrons.